The van der Waals surface area contributed by atoms with Crippen LogP contribution in [0.3, 0.4) is 0 Å². The lowest BCUT2D eigenvalue weighted by atomic mass is 10.00. The van der Waals surface area contributed by atoms with Gasteiger partial charge in [0.2, 0.25) is 5.91 Å². The molecule has 1 amide bonds. The van der Waals surface area contributed by atoms with Crippen molar-refractivity contribution in [1.29, 1.82) is 0 Å². The van der Waals surface area contributed by atoms with E-state index in [0.29, 0.717) is 41.5 Å². The number of hydrogen-bond acceptors (Lipinski definition) is 6. The number of amides is 1. The monoisotopic (exact) mass is 587 g/mol. The number of anilines is 1. The van der Waals surface area contributed by atoms with Crippen molar-refractivity contribution in [2.45, 2.75) is 25.3 Å². The normalized spacial score (nSPS) is 21.7. The van der Waals surface area contributed by atoms with Crippen LogP contribution in [0.25, 0.3) is 21.5 Å². The third kappa shape index (κ3) is 4.94. The summed E-state index contributed by atoms with van der Waals surface area (Å²) in [5, 5.41) is 14.9. The Morgan fingerprint density at radius 3 is 2.53 bits per heavy atom. The van der Waals surface area contributed by atoms with Gasteiger partial charge in [0.25, 0.3) is 0 Å². The minimum atomic E-state index is 0.0760. The topological polar surface area (TPSA) is 84.8 Å². The molecule has 0 spiro atoms. The second-order valence-electron chi connectivity index (χ2n) is 12.2. The third-order valence-corrected chi connectivity index (χ3v) is 10.1. The first-order valence-electron chi connectivity index (χ1n) is 15.0. The minimum Gasteiger partial charge on any atom is -0.494 e. The summed E-state index contributed by atoms with van der Waals surface area (Å²) in [5.41, 5.74) is 5.77. The Morgan fingerprint density at radius 1 is 1.07 bits per heavy atom. The van der Waals surface area contributed by atoms with Gasteiger partial charge in [0.05, 0.1) is 17.0 Å². The summed E-state index contributed by atoms with van der Waals surface area (Å²) in [5.74, 6) is 2.27. The fourth-order valence-corrected chi connectivity index (χ4v) is 7.59. The fourth-order valence-electron chi connectivity index (χ4n) is 6.95. The molecule has 3 heterocycles. The van der Waals surface area contributed by atoms with E-state index in [1.54, 1.807) is 17.5 Å². The van der Waals surface area contributed by atoms with Gasteiger partial charge >= 0.3 is 0 Å². The molecule has 8 rings (SSSR count). The van der Waals surface area contributed by atoms with Crippen LogP contribution in [-0.4, -0.2) is 57.8 Å². The van der Waals surface area contributed by atoms with Crippen LogP contribution in [0.15, 0.2) is 89.4 Å². The summed E-state index contributed by atoms with van der Waals surface area (Å²) in [6.45, 7) is 2.25. The molecule has 1 saturated heterocycles. The molecular weight excluding hydrogens is 554 g/mol. The van der Waals surface area contributed by atoms with Crippen molar-refractivity contribution in [1.82, 2.24) is 14.9 Å². The number of nitrogens with one attached hydrogen (secondary N) is 1. The number of fused-ring (bicyclic) bond motifs is 2. The van der Waals surface area contributed by atoms with Gasteiger partial charge in [-0.3, -0.25) is 4.79 Å². The number of aromatic amines is 1. The molecule has 1 aliphatic heterocycles. The van der Waals surface area contributed by atoms with Crippen LogP contribution in [-0.2, 0) is 4.79 Å². The van der Waals surface area contributed by atoms with Gasteiger partial charge in [-0.1, -0.05) is 42.5 Å². The summed E-state index contributed by atoms with van der Waals surface area (Å²) in [6, 6.07) is 24.3. The number of hydrogen-bond donors (Lipinski definition) is 2. The molecule has 0 radical (unpaired) electrons. The summed E-state index contributed by atoms with van der Waals surface area (Å²) in [7, 11) is 2.18. The molecule has 2 N–H and O–H groups in total. The molecule has 8 heteroatoms. The van der Waals surface area contributed by atoms with Crippen molar-refractivity contribution in [3.05, 3.63) is 95.5 Å². The number of H-pyrrole nitrogens is 1. The smallest absolute Gasteiger partial charge is 0.227 e. The first-order chi connectivity index (χ1) is 21.0. The lowest BCUT2D eigenvalue weighted by Gasteiger charge is -2.23. The Morgan fingerprint density at radius 2 is 1.84 bits per heavy atom. The zero-order valence-corrected chi connectivity index (χ0v) is 24.8. The largest absolute Gasteiger partial charge is 0.494 e. The molecule has 3 fully saturated rings. The van der Waals surface area contributed by atoms with E-state index in [0.717, 1.165) is 64.3 Å². The molecule has 5 aromatic rings. The maximum Gasteiger partial charge on any atom is 0.227 e. The highest BCUT2D eigenvalue weighted by Crippen LogP contribution is 2.53. The van der Waals surface area contributed by atoms with Crippen LogP contribution in [0.4, 0.5) is 11.4 Å². The van der Waals surface area contributed by atoms with Gasteiger partial charge in [-0.2, -0.15) is 0 Å². The molecular formula is C35H33N5O2S. The quantitative estimate of drug-likeness (QED) is 0.194. The van der Waals surface area contributed by atoms with E-state index in [4.69, 9.17) is 4.99 Å². The number of carbonyl (C=O) groups excluding carboxylic acids is 1. The first-order valence-corrected chi connectivity index (χ1v) is 15.9. The standard InChI is InChI=1S/C35H33N5O2S/c1-39-19-28-27(29(28)20-39)18-31(41)40(25-12-13-25)24-10-8-23(9-11-24)37-33(21-5-3-2-4-6-21)32-26-14-7-22(35-36-15-16-43-35)17-30(26)38-34(32)42/h2-11,14-17,25,27-29,38,42H,12-13,18-20H2,1H3. The number of nitrogens with zero attached hydrogens (tertiary/aromatic N) is 4. The van der Waals surface area contributed by atoms with Crippen molar-refractivity contribution in [2.24, 2.45) is 22.7 Å². The average molecular weight is 588 g/mol. The van der Waals surface area contributed by atoms with E-state index in [-0.39, 0.29) is 11.8 Å². The van der Waals surface area contributed by atoms with Crippen LogP contribution >= 0.6 is 11.3 Å². The second-order valence-corrected chi connectivity index (χ2v) is 13.1. The SMILES string of the molecule is CN1CC2C(CC(=O)N(c3ccc(N=C(c4ccccc4)c4c(O)[nH]c5cc(-c6nccs6)ccc45)cc3)C3CC3)C2C1. The van der Waals surface area contributed by atoms with Crippen LogP contribution < -0.4 is 4.90 Å². The molecule has 7 nitrogen and oxygen atoms in total. The number of rotatable bonds is 8. The number of aliphatic imine (C=N–C) groups is 1. The van der Waals surface area contributed by atoms with Gasteiger partial charge in [0, 0.05) is 64.8 Å². The molecule has 3 aliphatic rings. The minimum absolute atomic E-state index is 0.0760. The Kier molecular flexibility index (Phi) is 6.42. The molecule has 2 atom stereocenters. The summed E-state index contributed by atoms with van der Waals surface area (Å²) >= 11 is 1.58. The maximum absolute atomic E-state index is 13.5. The molecule has 2 aromatic heterocycles. The number of thiazole rings is 1. The van der Waals surface area contributed by atoms with Crippen molar-refractivity contribution in [3.8, 4) is 16.5 Å². The molecule has 0 bridgehead atoms. The first kappa shape index (κ1) is 26.4. The number of aromatic hydroxyl groups is 1. The Bertz CT molecular complexity index is 1810. The zero-order chi connectivity index (χ0) is 29.1. The van der Waals surface area contributed by atoms with E-state index in [9.17, 15) is 9.90 Å². The number of aromatic nitrogens is 2. The summed E-state index contributed by atoms with van der Waals surface area (Å²) in [4.78, 5) is 30.6. The van der Waals surface area contributed by atoms with E-state index in [1.165, 1.54) is 0 Å². The molecule has 2 unspecified atom stereocenters. The van der Waals surface area contributed by atoms with E-state index < -0.39 is 0 Å². The van der Waals surface area contributed by atoms with Crippen LogP contribution in [0.5, 0.6) is 5.88 Å². The van der Waals surface area contributed by atoms with E-state index >= 15 is 0 Å². The van der Waals surface area contributed by atoms with Crippen LogP contribution in [0.1, 0.15) is 30.4 Å². The number of benzene rings is 3. The Balaban J connectivity index is 1.11. The van der Waals surface area contributed by atoms with Crippen molar-refractivity contribution in [3.63, 3.8) is 0 Å². The van der Waals surface area contributed by atoms with Gasteiger partial charge in [-0.25, -0.2) is 9.98 Å². The predicted molar refractivity (Wildman–Crippen MR) is 172 cm³/mol. The van der Waals surface area contributed by atoms with Crippen LogP contribution in [0, 0.1) is 17.8 Å². The second kappa shape index (κ2) is 10.5. The third-order valence-electron chi connectivity index (χ3n) is 9.26. The fraction of sp³-hybridized carbons (Fsp3) is 0.286. The molecule has 2 aliphatic carbocycles. The number of carbonyl (C=O) groups is 1. The average Bonchev–Trinajstić information content (AvgIpc) is 3.73. The van der Waals surface area contributed by atoms with Gasteiger partial charge < -0.3 is 19.9 Å². The molecule has 2 saturated carbocycles. The highest BCUT2D eigenvalue weighted by atomic mass is 32.1. The van der Waals surface area contributed by atoms with Crippen molar-refractivity contribution < 1.29 is 9.90 Å². The van der Waals surface area contributed by atoms with Gasteiger partial charge in [-0.15, -0.1) is 11.3 Å². The van der Waals surface area contributed by atoms with Crippen molar-refractivity contribution in [2.75, 3.05) is 25.0 Å². The van der Waals surface area contributed by atoms with Crippen molar-refractivity contribution >= 4 is 45.2 Å². The lowest BCUT2D eigenvalue weighted by Crippen LogP contribution is -2.34. The van der Waals surface area contributed by atoms with Gasteiger partial charge in [-0.05, 0) is 68.0 Å². The van der Waals surface area contributed by atoms with E-state index in [2.05, 4.69) is 21.9 Å². The maximum atomic E-state index is 13.5. The molecule has 43 heavy (non-hydrogen) atoms. The highest BCUT2D eigenvalue weighted by Gasteiger charge is 2.55. The Labute approximate surface area is 254 Å². The van der Waals surface area contributed by atoms with Gasteiger partial charge in [0.15, 0.2) is 5.88 Å². The zero-order valence-electron chi connectivity index (χ0n) is 24.0. The Hall–Kier alpha value is -4.27. The molecule has 3 aromatic carbocycles. The number of piperidine rings is 1. The number of likely N-dealkylation sites (tertiary alicyclic amines) is 1. The lowest BCUT2D eigenvalue weighted by molar-refractivity contribution is -0.119. The van der Waals surface area contributed by atoms with Gasteiger partial charge in [0.1, 0.15) is 5.01 Å². The van der Waals surface area contributed by atoms with Crippen LogP contribution in [0.2, 0.25) is 0 Å². The molecule has 216 valence electrons. The summed E-state index contributed by atoms with van der Waals surface area (Å²) in [6.07, 6.45) is 4.58. The predicted octanol–water partition coefficient (Wildman–Crippen LogP) is 6.86. The summed E-state index contributed by atoms with van der Waals surface area (Å²) < 4.78 is 0. The van der Waals surface area contributed by atoms with E-state index in [1.807, 2.05) is 83.1 Å². The highest BCUT2D eigenvalue weighted by molar-refractivity contribution is 7.13.